The maximum atomic E-state index is 12.8. The first kappa shape index (κ1) is 18.9. The van der Waals surface area contributed by atoms with E-state index in [0.29, 0.717) is 30.3 Å². The second kappa shape index (κ2) is 8.31. The number of carbonyl (C=O) groups excluding carboxylic acids is 1. The number of aromatic nitrogens is 2. The minimum absolute atomic E-state index is 0.0379. The van der Waals surface area contributed by atoms with Crippen LogP contribution >= 0.6 is 0 Å². The highest BCUT2D eigenvalue weighted by molar-refractivity contribution is 5.93. The lowest BCUT2D eigenvalue weighted by Gasteiger charge is -2.32. The fourth-order valence-corrected chi connectivity index (χ4v) is 3.92. The molecule has 2 N–H and O–H groups in total. The molecule has 0 aliphatic carbocycles. The van der Waals surface area contributed by atoms with Crippen LogP contribution in [0.3, 0.4) is 0 Å². The SMILES string of the molecule is O=C(O)c1ccccc1CC1CCN(C(=O)c2cc(-c3ccccc3)n[nH]2)CC1. The number of hydrogen-bond donors (Lipinski definition) is 2. The van der Waals surface area contributed by atoms with Gasteiger partial charge in [-0.15, -0.1) is 0 Å². The van der Waals surface area contributed by atoms with E-state index in [1.54, 1.807) is 18.2 Å². The van der Waals surface area contributed by atoms with Crippen LogP contribution in [-0.2, 0) is 6.42 Å². The van der Waals surface area contributed by atoms with Gasteiger partial charge in [0.25, 0.3) is 5.91 Å². The van der Waals surface area contributed by atoms with Gasteiger partial charge >= 0.3 is 5.97 Å². The van der Waals surface area contributed by atoms with Crippen LogP contribution < -0.4 is 0 Å². The van der Waals surface area contributed by atoms with E-state index in [1.807, 2.05) is 47.4 Å². The van der Waals surface area contributed by atoms with Crippen LogP contribution in [-0.4, -0.2) is 45.2 Å². The van der Waals surface area contributed by atoms with Crippen LogP contribution in [0.15, 0.2) is 60.7 Å². The number of amides is 1. The van der Waals surface area contributed by atoms with E-state index >= 15 is 0 Å². The molecule has 1 aliphatic heterocycles. The summed E-state index contributed by atoms with van der Waals surface area (Å²) in [6.07, 6.45) is 2.45. The number of carbonyl (C=O) groups is 2. The van der Waals surface area contributed by atoms with Gasteiger partial charge in [-0.3, -0.25) is 9.89 Å². The number of carboxylic acids is 1. The highest BCUT2D eigenvalue weighted by Crippen LogP contribution is 2.25. The van der Waals surface area contributed by atoms with E-state index < -0.39 is 5.97 Å². The Morgan fingerprint density at radius 1 is 1.03 bits per heavy atom. The molecule has 29 heavy (non-hydrogen) atoms. The Labute approximate surface area is 169 Å². The topological polar surface area (TPSA) is 86.3 Å². The highest BCUT2D eigenvalue weighted by Gasteiger charge is 2.26. The Morgan fingerprint density at radius 2 is 1.72 bits per heavy atom. The first-order chi connectivity index (χ1) is 14.1. The van der Waals surface area contributed by atoms with Crippen LogP contribution in [0.5, 0.6) is 0 Å². The summed E-state index contributed by atoms with van der Waals surface area (Å²) in [6.45, 7) is 1.33. The zero-order chi connectivity index (χ0) is 20.2. The second-order valence-corrected chi connectivity index (χ2v) is 7.43. The van der Waals surface area contributed by atoms with Crippen molar-refractivity contribution in [3.63, 3.8) is 0 Å². The van der Waals surface area contributed by atoms with Gasteiger partial charge in [0.15, 0.2) is 0 Å². The summed E-state index contributed by atoms with van der Waals surface area (Å²) in [4.78, 5) is 26.1. The highest BCUT2D eigenvalue weighted by atomic mass is 16.4. The lowest BCUT2D eigenvalue weighted by molar-refractivity contribution is 0.0684. The summed E-state index contributed by atoms with van der Waals surface area (Å²) in [6, 6.07) is 18.7. The van der Waals surface area contributed by atoms with Crippen molar-refractivity contribution < 1.29 is 14.7 Å². The molecule has 2 aromatic carbocycles. The molecule has 4 rings (SSSR count). The van der Waals surface area contributed by atoms with E-state index in [9.17, 15) is 14.7 Å². The first-order valence-electron chi connectivity index (χ1n) is 9.83. The molecule has 1 fully saturated rings. The van der Waals surface area contributed by atoms with Crippen molar-refractivity contribution in [2.75, 3.05) is 13.1 Å². The van der Waals surface area contributed by atoms with Gasteiger partial charge in [0.05, 0.1) is 11.3 Å². The van der Waals surface area contributed by atoms with Gasteiger partial charge in [-0.2, -0.15) is 5.10 Å². The van der Waals surface area contributed by atoms with Gasteiger partial charge in [-0.05, 0) is 42.9 Å². The number of hydrogen-bond acceptors (Lipinski definition) is 3. The van der Waals surface area contributed by atoms with Crippen LogP contribution in [0.2, 0.25) is 0 Å². The molecule has 2 heterocycles. The van der Waals surface area contributed by atoms with Crippen LogP contribution in [0, 0.1) is 5.92 Å². The van der Waals surface area contributed by atoms with E-state index in [-0.39, 0.29) is 5.91 Å². The first-order valence-corrected chi connectivity index (χ1v) is 9.83. The zero-order valence-electron chi connectivity index (χ0n) is 16.0. The Morgan fingerprint density at radius 3 is 2.45 bits per heavy atom. The molecule has 0 atom stereocenters. The number of aromatic amines is 1. The maximum absolute atomic E-state index is 12.8. The van der Waals surface area contributed by atoms with Crippen LogP contribution in [0.25, 0.3) is 11.3 Å². The van der Waals surface area contributed by atoms with Crippen molar-refractivity contribution in [2.24, 2.45) is 5.92 Å². The quantitative estimate of drug-likeness (QED) is 0.694. The molecular formula is C23H23N3O3. The number of piperidine rings is 1. The van der Waals surface area contributed by atoms with E-state index in [0.717, 1.165) is 36.1 Å². The van der Waals surface area contributed by atoms with Gasteiger partial charge in [-0.25, -0.2) is 4.79 Å². The van der Waals surface area contributed by atoms with Gasteiger partial charge in [0, 0.05) is 18.7 Å². The molecule has 0 radical (unpaired) electrons. The summed E-state index contributed by atoms with van der Waals surface area (Å²) >= 11 is 0. The summed E-state index contributed by atoms with van der Waals surface area (Å²) < 4.78 is 0. The minimum atomic E-state index is -0.887. The van der Waals surface area contributed by atoms with E-state index in [2.05, 4.69) is 10.2 Å². The lowest BCUT2D eigenvalue weighted by Crippen LogP contribution is -2.39. The van der Waals surface area contributed by atoms with Gasteiger partial charge in [0.1, 0.15) is 5.69 Å². The number of carboxylic acid groups (broad SMARTS) is 1. The molecule has 0 saturated carbocycles. The molecular weight excluding hydrogens is 366 g/mol. The van der Waals surface area contributed by atoms with E-state index in [1.165, 1.54) is 0 Å². The Hall–Kier alpha value is -3.41. The van der Waals surface area contributed by atoms with Gasteiger partial charge in [0.2, 0.25) is 0 Å². The van der Waals surface area contributed by atoms with E-state index in [4.69, 9.17) is 0 Å². The van der Waals surface area contributed by atoms with Crippen molar-refractivity contribution >= 4 is 11.9 Å². The Bertz CT molecular complexity index is 1000. The fourth-order valence-electron chi connectivity index (χ4n) is 3.92. The number of benzene rings is 2. The summed E-state index contributed by atoms with van der Waals surface area (Å²) in [5.41, 5.74) is 3.47. The number of nitrogens with zero attached hydrogens (tertiary/aromatic N) is 2. The zero-order valence-corrected chi connectivity index (χ0v) is 16.0. The summed E-state index contributed by atoms with van der Waals surface area (Å²) in [5, 5.41) is 16.5. The second-order valence-electron chi connectivity index (χ2n) is 7.43. The van der Waals surface area contributed by atoms with Gasteiger partial charge < -0.3 is 10.0 Å². The van der Waals surface area contributed by atoms with Crippen LogP contribution in [0.4, 0.5) is 0 Å². The van der Waals surface area contributed by atoms with Crippen molar-refractivity contribution in [1.82, 2.24) is 15.1 Å². The molecule has 0 bridgehead atoms. The van der Waals surface area contributed by atoms with Crippen molar-refractivity contribution in [3.05, 3.63) is 77.5 Å². The number of H-pyrrole nitrogens is 1. The third-order valence-electron chi connectivity index (χ3n) is 5.54. The van der Waals surface area contributed by atoms with Crippen molar-refractivity contribution in [1.29, 1.82) is 0 Å². The number of nitrogens with one attached hydrogen (secondary N) is 1. The van der Waals surface area contributed by atoms with Crippen LogP contribution in [0.1, 0.15) is 39.3 Å². The largest absolute Gasteiger partial charge is 0.478 e. The fraction of sp³-hybridized carbons (Fsp3) is 0.261. The smallest absolute Gasteiger partial charge is 0.335 e. The predicted molar refractivity (Wildman–Crippen MR) is 110 cm³/mol. The molecule has 1 saturated heterocycles. The average molecular weight is 389 g/mol. The molecule has 0 spiro atoms. The monoisotopic (exact) mass is 389 g/mol. The number of likely N-dealkylation sites (tertiary alicyclic amines) is 1. The lowest BCUT2D eigenvalue weighted by atomic mass is 9.88. The standard InChI is InChI=1S/C23H23N3O3/c27-22(21-15-20(24-25-21)17-6-2-1-3-7-17)26-12-10-16(11-13-26)14-18-8-4-5-9-19(18)23(28)29/h1-9,15-16H,10-14H2,(H,24,25)(H,28,29). The molecule has 1 amide bonds. The molecule has 3 aromatic rings. The Kier molecular flexibility index (Phi) is 5.42. The van der Waals surface area contributed by atoms with Crippen molar-refractivity contribution in [3.8, 4) is 11.3 Å². The summed E-state index contributed by atoms with van der Waals surface area (Å²) in [5.74, 6) is -0.549. The maximum Gasteiger partial charge on any atom is 0.335 e. The summed E-state index contributed by atoms with van der Waals surface area (Å²) in [7, 11) is 0. The number of rotatable bonds is 5. The Balaban J connectivity index is 1.37. The van der Waals surface area contributed by atoms with Crippen molar-refractivity contribution in [2.45, 2.75) is 19.3 Å². The number of aromatic carboxylic acids is 1. The molecule has 6 nitrogen and oxygen atoms in total. The third-order valence-corrected chi connectivity index (χ3v) is 5.54. The third kappa shape index (κ3) is 4.21. The minimum Gasteiger partial charge on any atom is -0.478 e. The molecule has 0 unspecified atom stereocenters. The average Bonchev–Trinajstić information content (AvgIpc) is 3.25. The normalized spacial score (nSPS) is 14.7. The molecule has 6 heteroatoms. The molecule has 1 aliphatic rings. The molecule has 1 aromatic heterocycles. The molecule has 148 valence electrons. The van der Waals surface area contributed by atoms with Gasteiger partial charge in [-0.1, -0.05) is 48.5 Å². The predicted octanol–water partition coefficient (Wildman–Crippen LogP) is 3.87.